The molecular formula is C6H9NO2. The van der Waals surface area contributed by atoms with Gasteiger partial charge in [-0.25, -0.2) is 4.79 Å². The maximum atomic E-state index is 9.79. The fraction of sp³-hybridized carbons (Fsp3) is 0.167. The third-order valence-corrected chi connectivity index (χ3v) is 0.643. The summed E-state index contributed by atoms with van der Waals surface area (Å²) in [5.74, 6) is 0. The molecule has 1 amide bonds. The first-order valence-corrected chi connectivity index (χ1v) is 2.51. The summed E-state index contributed by atoms with van der Waals surface area (Å²) in [6.45, 7) is 3.75. The molecule has 0 aromatic heterocycles. The molecule has 0 spiro atoms. The van der Waals surface area contributed by atoms with Crippen molar-refractivity contribution in [3.8, 4) is 0 Å². The fourth-order valence-corrected chi connectivity index (χ4v) is 0.311. The molecule has 0 aliphatic rings. The third-order valence-electron chi connectivity index (χ3n) is 0.643. The Balaban J connectivity index is 3.19. The summed E-state index contributed by atoms with van der Waals surface area (Å²) in [4.78, 5) is 9.79. The first-order valence-electron chi connectivity index (χ1n) is 2.51. The zero-order valence-corrected chi connectivity index (χ0v) is 5.00. The van der Waals surface area contributed by atoms with Gasteiger partial charge in [0.2, 0.25) is 0 Å². The second-order valence-corrected chi connectivity index (χ2v) is 1.35. The predicted molar refractivity (Wildman–Crippen MR) is 35.4 cm³/mol. The highest BCUT2D eigenvalue weighted by molar-refractivity contribution is 5.64. The number of carboxylic acid groups (broad SMARTS) is 1. The van der Waals surface area contributed by atoms with Gasteiger partial charge < -0.3 is 10.4 Å². The Morgan fingerprint density at radius 1 is 1.78 bits per heavy atom. The monoisotopic (exact) mass is 127 g/mol. The van der Waals surface area contributed by atoms with E-state index in [1.165, 1.54) is 0 Å². The lowest BCUT2D eigenvalue weighted by molar-refractivity contribution is 0.195. The normalized spacial score (nSPS) is 9.33. The standard InChI is InChI=1S/C6H9NO2/c1-2-3-4-5-7-6(8)9/h2-4,7H,1,5H2,(H,8,9). The Kier molecular flexibility index (Phi) is 4.22. The van der Waals surface area contributed by atoms with Crippen LogP contribution in [-0.4, -0.2) is 17.7 Å². The van der Waals surface area contributed by atoms with E-state index < -0.39 is 6.09 Å². The molecule has 3 heteroatoms. The molecule has 0 aliphatic carbocycles. The zero-order valence-electron chi connectivity index (χ0n) is 5.00. The molecule has 50 valence electrons. The molecule has 0 aromatic rings. The summed E-state index contributed by atoms with van der Waals surface area (Å²) in [7, 11) is 0. The van der Waals surface area contributed by atoms with Crippen molar-refractivity contribution in [2.75, 3.05) is 6.54 Å². The van der Waals surface area contributed by atoms with Gasteiger partial charge in [-0.3, -0.25) is 0 Å². The van der Waals surface area contributed by atoms with Gasteiger partial charge in [0, 0.05) is 6.54 Å². The lowest BCUT2D eigenvalue weighted by atomic mass is 10.5. The summed E-state index contributed by atoms with van der Waals surface area (Å²) in [6.07, 6.45) is 3.92. The van der Waals surface area contributed by atoms with E-state index in [0.717, 1.165) is 0 Å². The van der Waals surface area contributed by atoms with Gasteiger partial charge in [0.1, 0.15) is 0 Å². The van der Waals surface area contributed by atoms with Crippen molar-refractivity contribution in [2.24, 2.45) is 0 Å². The van der Waals surface area contributed by atoms with Crippen LogP contribution in [0.4, 0.5) is 4.79 Å². The van der Waals surface area contributed by atoms with Crippen molar-refractivity contribution in [1.29, 1.82) is 0 Å². The molecule has 3 nitrogen and oxygen atoms in total. The van der Waals surface area contributed by atoms with Crippen LogP contribution in [0.2, 0.25) is 0 Å². The highest BCUT2D eigenvalue weighted by atomic mass is 16.4. The van der Waals surface area contributed by atoms with E-state index in [1.54, 1.807) is 18.2 Å². The van der Waals surface area contributed by atoms with Crippen LogP contribution in [0.5, 0.6) is 0 Å². The van der Waals surface area contributed by atoms with E-state index in [1.807, 2.05) is 0 Å². The average molecular weight is 127 g/mol. The molecule has 0 heterocycles. The van der Waals surface area contributed by atoms with Crippen molar-refractivity contribution in [1.82, 2.24) is 5.32 Å². The Labute approximate surface area is 53.7 Å². The van der Waals surface area contributed by atoms with Crippen LogP contribution in [0.15, 0.2) is 24.8 Å². The van der Waals surface area contributed by atoms with Gasteiger partial charge in [-0.1, -0.05) is 24.8 Å². The number of amides is 1. The molecule has 9 heavy (non-hydrogen) atoms. The first-order chi connectivity index (χ1) is 4.27. The number of hydrogen-bond acceptors (Lipinski definition) is 1. The van der Waals surface area contributed by atoms with E-state index in [9.17, 15) is 4.79 Å². The summed E-state index contributed by atoms with van der Waals surface area (Å²) in [5, 5.41) is 10.2. The average Bonchev–Trinajstić information content (AvgIpc) is 1.80. The van der Waals surface area contributed by atoms with E-state index >= 15 is 0 Å². The van der Waals surface area contributed by atoms with Crippen LogP contribution in [0, 0.1) is 0 Å². The van der Waals surface area contributed by atoms with Crippen molar-refractivity contribution in [2.45, 2.75) is 0 Å². The quantitative estimate of drug-likeness (QED) is 0.555. The molecule has 0 aliphatic heterocycles. The summed E-state index contributed by atoms with van der Waals surface area (Å²) >= 11 is 0. The van der Waals surface area contributed by atoms with Crippen LogP contribution in [-0.2, 0) is 0 Å². The number of carbonyl (C=O) groups is 1. The van der Waals surface area contributed by atoms with Crippen molar-refractivity contribution in [3.05, 3.63) is 24.8 Å². The van der Waals surface area contributed by atoms with Gasteiger partial charge in [0.25, 0.3) is 0 Å². The Hall–Kier alpha value is -1.25. The van der Waals surface area contributed by atoms with Crippen molar-refractivity contribution in [3.63, 3.8) is 0 Å². The lowest BCUT2D eigenvalue weighted by Crippen LogP contribution is -2.20. The number of hydrogen-bond donors (Lipinski definition) is 2. The summed E-state index contributed by atoms with van der Waals surface area (Å²) in [6, 6.07) is 0. The molecule has 0 rings (SSSR count). The van der Waals surface area contributed by atoms with Crippen LogP contribution in [0.25, 0.3) is 0 Å². The van der Waals surface area contributed by atoms with E-state index in [4.69, 9.17) is 5.11 Å². The molecule has 0 saturated heterocycles. The zero-order chi connectivity index (χ0) is 7.11. The molecule has 0 unspecified atom stereocenters. The topological polar surface area (TPSA) is 49.3 Å². The maximum absolute atomic E-state index is 9.79. The molecule has 0 bridgehead atoms. The minimum atomic E-state index is -1.01. The predicted octanol–water partition coefficient (Wildman–Crippen LogP) is 0.996. The van der Waals surface area contributed by atoms with E-state index in [2.05, 4.69) is 11.9 Å². The van der Waals surface area contributed by atoms with Gasteiger partial charge in [0.15, 0.2) is 0 Å². The Morgan fingerprint density at radius 3 is 2.89 bits per heavy atom. The SMILES string of the molecule is C=CC=CCNC(=O)O. The summed E-state index contributed by atoms with van der Waals surface area (Å²) < 4.78 is 0. The smallest absolute Gasteiger partial charge is 0.404 e. The summed E-state index contributed by atoms with van der Waals surface area (Å²) in [5.41, 5.74) is 0. The Morgan fingerprint density at radius 2 is 2.44 bits per heavy atom. The van der Waals surface area contributed by atoms with Crippen LogP contribution in [0.1, 0.15) is 0 Å². The minimum absolute atomic E-state index is 0.335. The van der Waals surface area contributed by atoms with Gasteiger partial charge in [-0.15, -0.1) is 0 Å². The molecule has 0 fully saturated rings. The van der Waals surface area contributed by atoms with E-state index in [0.29, 0.717) is 6.54 Å². The van der Waals surface area contributed by atoms with Crippen LogP contribution in [0.3, 0.4) is 0 Å². The highest BCUT2D eigenvalue weighted by Crippen LogP contribution is 1.70. The second kappa shape index (κ2) is 4.90. The van der Waals surface area contributed by atoms with Crippen molar-refractivity contribution < 1.29 is 9.90 Å². The van der Waals surface area contributed by atoms with Crippen LogP contribution >= 0.6 is 0 Å². The molecule has 2 N–H and O–H groups in total. The minimum Gasteiger partial charge on any atom is -0.465 e. The maximum Gasteiger partial charge on any atom is 0.404 e. The molecule has 0 saturated carbocycles. The molecular weight excluding hydrogens is 118 g/mol. The van der Waals surface area contributed by atoms with Gasteiger partial charge in [-0.05, 0) is 0 Å². The molecule has 0 atom stereocenters. The highest BCUT2D eigenvalue weighted by Gasteiger charge is 1.85. The van der Waals surface area contributed by atoms with Gasteiger partial charge in [0.05, 0.1) is 0 Å². The first kappa shape index (κ1) is 7.75. The molecule has 0 radical (unpaired) electrons. The number of rotatable bonds is 3. The van der Waals surface area contributed by atoms with Gasteiger partial charge in [-0.2, -0.15) is 0 Å². The fourth-order valence-electron chi connectivity index (χ4n) is 0.311. The number of allylic oxidation sites excluding steroid dienone is 2. The Bertz CT molecular complexity index is 129. The lowest BCUT2D eigenvalue weighted by Gasteiger charge is -1.90. The van der Waals surface area contributed by atoms with E-state index in [-0.39, 0.29) is 0 Å². The van der Waals surface area contributed by atoms with Crippen molar-refractivity contribution >= 4 is 6.09 Å². The second-order valence-electron chi connectivity index (χ2n) is 1.35. The largest absolute Gasteiger partial charge is 0.465 e. The van der Waals surface area contributed by atoms with Crippen LogP contribution < -0.4 is 5.32 Å². The molecule has 0 aromatic carbocycles. The van der Waals surface area contributed by atoms with Gasteiger partial charge >= 0.3 is 6.09 Å². The number of nitrogens with one attached hydrogen (secondary N) is 1. The third kappa shape index (κ3) is 6.75.